The molecule has 1 rings (SSSR count). The fraction of sp³-hybridized carbons (Fsp3) is 0.385. The van der Waals surface area contributed by atoms with Gasteiger partial charge in [0.25, 0.3) is 5.91 Å². The van der Waals surface area contributed by atoms with Crippen LogP contribution in [0.4, 0.5) is 0 Å². The van der Waals surface area contributed by atoms with Gasteiger partial charge in [0.15, 0.2) is 0 Å². The number of hydrogen-bond donors (Lipinski definition) is 2. The third kappa shape index (κ3) is 3.74. The molecule has 4 nitrogen and oxygen atoms in total. The Labute approximate surface area is 112 Å². The van der Waals surface area contributed by atoms with Crippen LogP contribution < -0.4 is 11.1 Å². The summed E-state index contributed by atoms with van der Waals surface area (Å²) in [6, 6.07) is 6.98. The molecule has 5 heteroatoms. The molecule has 0 saturated heterocycles. The van der Waals surface area contributed by atoms with Crippen LogP contribution in [0.3, 0.4) is 0 Å². The first-order chi connectivity index (χ1) is 8.36. The summed E-state index contributed by atoms with van der Waals surface area (Å²) in [6.07, 6.45) is 0. The predicted molar refractivity (Wildman–Crippen MR) is 71.3 cm³/mol. The zero-order valence-electron chi connectivity index (χ0n) is 10.5. The monoisotopic (exact) mass is 268 g/mol. The van der Waals surface area contributed by atoms with Gasteiger partial charge in [-0.05, 0) is 31.5 Å². The summed E-state index contributed by atoms with van der Waals surface area (Å²) in [4.78, 5) is 22.9. The maximum absolute atomic E-state index is 11.8. The maximum Gasteiger partial charge on any atom is 0.251 e. The Kier molecular flexibility index (Phi) is 4.73. The van der Waals surface area contributed by atoms with Crippen molar-refractivity contribution in [1.82, 2.24) is 5.32 Å². The summed E-state index contributed by atoms with van der Waals surface area (Å²) < 4.78 is 0. The molecule has 0 spiro atoms. The number of nitrogens with two attached hydrogens (primary N) is 1. The zero-order valence-corrected chi connectivity index (χ0v) is 11.3. The smallest absolute Gasteiger partial charge is 0.251 e. The molecule has 1 aromatic carbocycles. The Bertz CT molecular complexity index is 441. The lowest BCUT2D eigenvalue weighted by Gasteiger charge is -2.20. The van der Waals surface area contributed by atoms with Crippen molar-refractivity contribution in [3.8, 4) is 0 Å². The molecule has 0 atom stereocenters. The number of alkyl halides is 1. The van der Waals surface area contributed by atoms with Gasteiger partial charge in [0, 0.05) is 18.0 Å². The summed E-state index contributed by atoms with van der Waals surface area (Å²) >= 11 is 5.66. The molecule has 0 fully saturated rings. The van der Waals surface area contributed by atoms with E-state index in [1.807, 2.05) is 0 Å². The molecule has 98 valence electrons. The van der Waals surface area contributed by atoms with Gasteiger partial charge in [-0.2, -0.15) is 0 Å². The highest BCUT2D eigenvalue weighted by molar-refractivity contribution is 6.17. The van der Waals surface area contributed by atoms with E-state index < -0.39 is 11.3 Å². The fourth-order valence-electron chi connectivity index (χ4n) is 1.24. The van der Waals surface area contributed by atoms with Crippen molar-refractivity contribution in [2.24, 2.45) is 11.1 Å². The molecule has 0 radical (unpaired) electrons. The Morgan fingerprint density at radius 1 is 1.28 bits per heavy atom. The van der Waals surface area contributed by atoms with Gasteiger partial charge >= 0.3 is 0 Å². The molecule has 0 saturated carbocycles. The lowest BCUT2D eigenvalue weighted by Crippen LogP contribution is -2.42. The van der Waals surface area contributed by atoms with Gasteiger partial charge in [0.1, 0.15) is 0 Å². The lowest BCUT2D eigenvalue weighted by molar-refractivity contribution is -0.125. The Morgan fingerprint density at radius 2 is 1.83 bits per heavy atom. The standard InChI is InChI=1S/C13H17ClN2O2/c1-13(2,12(15)18)8-16-11(17)10-5-3-9(7-14)4-6-10/h3-6H,7-8H2,1-2H3,(H2,15,18)(H,16,17). The number of carbonyl (C=O) groups excluding carboxylic acids is 2. The topological polar surface area (TPSA) is 72.2 Å². The molecule has 1 aromatic rings. The maximum atomic E-state index is 11.8. The molecule has 0 unspecified atom stereocenters. The number of nitrogens with one attached hydrogen (secondary N) is 1. The van der Waals surface area contributed by atoms with Gasteiger partial charge < -0.3 is 11.1 Å². The molecule has 0 aromatic heterocycles. The molecular formula is C13H17ClN2O2. The molecule has 3 N–H and O–H groups in total. The number of primary amides is 1. The Morgan fingerprint density at radius 3 is 2.28 bits per heavy atom. The van der Waals surface area contributed by atoms with Crippen LogP contribution in [0, 0.1) is 5.41 Å². The van der Waals surface area contributed by atoms with E-state index in [0.29, 0.717) is 11.4 Å². The highest BCUT2D eigenvalue weighted by atomic mass is 35.5. The number of amides is 2. The lowest BCUT2D eigenvalue weighted by atomic mass is 9.92. The summed E-state index contributed by atoms with van der Waals surface area (Å²) in [5.74, 6) is -0.262. The molecule has 0 aliphatic carbocycles. The second kappa shape index (κ2) is 5.87. The molecule has 0 aliphatic rings. The number of carbonyl (C=O) groups is 2. The molecule has 2 amide bonds. The van der Waals surface area contributed by atoms with Gasteiger partial charge in [-0.1, -0.05) is 12.1 Å². The summed E-state index contributed by atoms with van der Waals surface area (Å²) in [5, 5.41) is 2.69. The second-order valence-corrected chi connectivity index (χ2v) is 5.03. The second-order valence-electron chi connectivity index (χ2n) is 4.76. The van der Waals surface area contributed by atoms with Crippen molar-refractivity contribution in [3.63, 3.8) is 0 Å². The summed E-state index contributed by atoms with van der Waals surface area (Å²) in [7, 11) is 0. The van der Waals surface area contributed by atoms with E-state index in [0.717, 1.165) is 5.56 Å². The van der Waals surface area contributed by atoms with Crippen LogP contribution in [0.15, 0.2) is 24.3 Å². The number of hydrogen-bond acceptors (Lipinski definition) is 2. The van der Waals surface area contributed by atoms with E-state index in [9.17, 15) is 9.59 Å². The minimum atomic E-state index is -0.758. The largest absolute Gasteiger partial charge is 0.369 e. The summed E-state index contributed by atoms with van der Waals surface area (Å²) in [6.45, 7) is 3.58. The van der Waals surface area contributed by atoms with E-state index in [2.05, 4.69) is 5.32 Å². The molecule has 0 bridgehead atoms. The number of halogens is 1. The Balaban J connectivity index is 2.63. The van der Waals surface area contributed by atoms with Crippen LogP contribution in [0.2, 0.25) is 0 Å². The number of rotatable bonds is 5. The van der Waals surface area contributed by atoms with Crippen molar-refractivity contribution in [2.45, 2.75) is 19.7 Å². The third-order valence-electron chi connectivity index (χ3n) is 2.73. The van der Waals surface area contributed by atoms with Crippen molar-refractivity contribution in [3.05, 3.63) is 35.4 Å². The molecule has 0 aliphatic heterocycles. The van der Waals surface area contributed by atoms with Crippen LogP contribution in [0.5, 0.6) is 0 Å². The van der Waals surface area contributed by atoms with Crippen LogP contribution in [-0.4, -0.2) is 18.4 Å². The quantitative estimate of drug-likeness (QED) is 0.798. The first kappa shape index (κ1) is 14.5. The minimum Gasteiger partial charge on any atom is -0.369 e. The van der Waals surface area contributed by atoms with Gasteiger partial charge in [-0.25, -0.2) is 0 Å². The average Bonchev–Trinajstić information content (AvgIpc) is 2.36. The van der Waals surface area contributed by atoms with E-state index >= 15 is 0 Å². The van der Waals surface area contributed by atoms with E-state index in [1.165, 1.54) is 0 Å². The van der Waals surface area contributed by atoms with Gasteiger partial charge in [0.05, 0.1) is 5.41 Å². The third-order valence-corrected chi connectivity index (χ3v) is 3.04. The molecule has 18 heavy (non-hydrogen) atoms. The van der Waals surface area contributed by atoms with Crippen LogP contribution >= 0.6 is 11.6 Å². The van der Waals surface area contributed by atoms with Crippen molar-refractivity contribution in [1.29, 1.82) is 0 Å². The summed E-state index contributed by atoms with van der Waals surface area (Å²) in [5.41, 5.74) is 5.95. The highest BCUT2D eigenvalue weighted by Crippen LogP contribution is 2.12. The van der Waals surface area contributed by atoms with Gasteiger partial charge in [-0.3, -0.25) is 9.59 Å². The van der Waals surface area contributed by atoms with Crippen molar-refractivity contribution in [2.75, 3.05) is 6.54 Å². The van der Waals surface area contributed by atoms with Crippen LogP contribution in [0.1, 0.15) is 29.8 Å². The van der Waals surface area contributed by atoms with E-state index in [1.54, 1.807) is 38.1 Å². The molecular weight excluding hydrogens is 252 g/mol. The normalized spacial score (nSPS) is 11.1. The minimum absolute atomic E-state index is 0.207. The predicted octanol–water partition coefficient (Wildman–Crippen LogP) is 1.67. The fourth-order valence-corrected chi connectivity index (χ4v) is 1.41. The van der Waals surface area contributed by atoms with Crippen molar-refractivity contribution >= 4 is 23.4 Å². The van der Waals surface area contributed by atoms with Crippen LogP contribution in [-0.2, 0) is 10.7 Å². The van der Waals surface area contributed by atoms with Gasteiger partial charge in [0.2, 0.25) is 5.91 Å². The molecule has 0 heterocycles. The van der Waals surface area contributed by atoms with Gasteiger partial charge in [-0.15, -0.1) is 11.6 Å². The average molecular weight is 269 g/mol. The highest BCUT2D eigenvalue weighted by Gasteiger charge is 2.25. The van der Waals surface area contributed by atoms with E-state index in [4.69, 9.17) is 17.3 Å². The van der Waals surface area contributed by atoms with Crippen molar-refractivity contribution < 1.29 is 9.59 Å². The van der Waals surface area contributed by atoms with E-state index in [-0.39, 0.29) is 12.5 Å². The zero-order chi connectivity index (χ0) is 13.8. The van der Waals surface area contributed by atoms with Crippen LogP contribution in [0.25, 0.3) is 0 Å². The number of benzene rings is 1. The Hall–Kier alpha value is -1.55. The first-order valence-electron chi connectivity index (χ1n) is 5.60. The first-order valence-corrected chi connectivity index (χ1v) is 6.13. The SMILES string of the molecule is CC(C)(CNC(=O)c1ccc(CCl)cc1)C(N)=O.